The van der Waals surface area contributed by atoms with Gasteiger partial charge in [0.1, 0.15) is 16.2 Å². The first-order valence-electron chi connectivity index (χ1n) is 5.36. The number of imidazole rings is 1. The standard InChI is InChI=1S/C12H5Br2ClFN3O/c13-6-3-7(15)8(16)4-9(6)20-12-11-17-1-2-19(11)5-10(14)18-12/h1-5H. The Morgan fingerprint density at radius 2 is 2.10 bits per heavy atom. The summed E-state index contributed by atoms with van der Waals surface area (Å²) < 4.78 is 22.0. The van der Waals surface area contributed by atoms with E-state index in [4.69, 9.17) is 16.3 Å². The summed E-state index contributed by atoms with van der Waals surface area (Å²) in [5.74, 6) is -0.0478. The van der Waals surface area contributed by atoms with Gasteiger partial charge in [0.05, 0.1) is 9.50 Å². The molecule has 0 amide bonds. The Labute approximate surface area is 134 Å². The van der Waals surface area contributed by atoms with E-state index >= 15 is 0 Å². The van der Waals surface area contributed by atoms with Gasteiger partial charge in [0, 0.05) is 24.7 Å². The van der Waals surface area contributed by atoms with Crippen molar-refractivity contribution in [1.29, 1.82) is 0 Å². The van der Waals surface area contributed by atoms with Gasteiger partial charge in [0.2, 0.25) is 5.65 Å². The molecule has 8 heteroatoms. The summed E-state index contributed by atoms with van der Waals surface area (Å²) in [6.07, 6.45) is 5.12. The minimum absolute atomic E-state index is 0.0115. The zero-order valence-electron chi connectivity index (χ0n) is 9.65. The molecule has 2 heterocycles. The average Bonchev–Trinajstić information content (AvgIpc) is 2.84. The summed E-state index contributed by atoms with van der Waals surface area (Å²) in [5, 5.41) is 0.0115. The highest BCUT2D eigenvalue weighted by molar-refractivity contribution is 9.10. The number of rotatable bonds is 2. The summed E-state index contributed by atoms with van der Waals surface area (Å²) >= 11 is 12.2. The van der Waals surface area contributed by atoms with Crippen LogP contribution in [0.3, 0.4) is 0 Å². The second kappa shape index (κ2) is 5.31. The Hall–Kier alpha value is -1.18. The fraction of sp³-hybridized carbons (Fsp3) is 0. The zero-order chi connectivity index (χ0) is 14.3. The van der Waals surface area contributed by atoms with Gasteiger partial charge in [-0.25, -0.2) is 14.4 Å². The third kappa shape index (κ3) is 2.53. The van der Waals surface area contributed by atoms with Crippen LogP contribution in [0.1, 0.15) is 0 Å². The molecule has 3 aromatic rings. The second-order valence-corrected chi connectivity index (χ2v) is 5.90. The van der Waals surface area contributed by atoms with Crippen LogP contribution in [0.15, 0.2) is 39.8 Å². The van der Waals surface area contributed by atoms with Crippen LogP contribution in [0.5, 0.6) is 11.6 Å². The van der Waals surface area contributed by atoms with Crippen molar-refractivity contribution in [2.75, 3.05) is 0 Å². The van der Waals surface area contributed by atoms with Crippen molar-refractivity contribution < 1.29 is 9.13 Å². The van der Waals surface area contributed by atoms with Crippen molar-refractivity contribution in [2.45, 2.75) is 0 Å². The molecule has 0 spiro atoms. The van der Waals surface area contributed by atoms with Crippen LogP contribution in [-0.2, 0) is 0 Å². The Morgan fingerprint density at radius 3 is 2.90 bits per heavy atom. The fourth-order valence-electron chi connectivity index (χ4n) is 1.63. The smallest absolute Gasteiger partial charge is 0.265 e. The van der Waals surface area contributed by atoms with Crippen molar-refractivity contribution in [3.8, 4) is 11.6 Å². The monoisotopic (exact) mass is 419 g/mol. The second-order valence-electron chi connectivity index (χ2n) is 3.83. The molecule has 0 N–H and O–H groups in total. The molecule has 20 heavy (non-hydrogen) atoms. The predicted octanol–water partition coefficient (Wildman–Crippen LogP) is 4.84. The maximum absolute atomic E-state index is 13.5. The van der Waals surface area contributed by atoms with Crippen molar-refractivity contribution in [3.63, 3.8) is 0 Å². The number of aromatic nitrogens is 3. The molecule has 0 bridgehead atoms. The lowest BCUT2D eigenvalue weighted by Gasteiger charge is -2.09. The number of benzene rings is 1. The van der Waals surface area contributed by atoms with Crippen LogP contribution in [-0.4, -0.2) is 14.4 Å². The van der Waals surface area contributed by atoms with Crippen LogP contribution >= 0.6 is 43.5 Å². The first kappa shape index (κ1) is 13.8. The molecule has 0 saturated carbocycles. The van der Waals surface area contributed by atoms with Crippen LogP contribution < -0.4 is 4.74 Å². The predicted molar refractivity (Wildman–Crippen MR) is 79.9 cm³/mol. The summed E-state index contributed by atoms with van der Waals surface area (Å²) in [4.78, 5) is 8.34. The highest BCUT2D eigenvalue weighted by atomic mass is 79.9. The number of hydrogen-bond acceptors (Lipinski definition) is 3. The minimum atomic E-state index is -0.570. The van der Waals surface area contributed by atoms with Gasteiger partial charge in [-0.05, 0) is 37.9 Å². The highest BCUT2D eigenvalue weighted by Gasteiger charge is 2.13. The molecule has 0 aliphatic heterocycles. The topological polar surface area (TPSA) is 39.4 Å². The third-order valence-corrected chi connectivity index (χ3v) is 3.79. The Balaban J connectivity index is 2.09. The van der Waals surface area contributed by atoms with Gasteiger partial charge in [-0.3, -0.25) is 4.40 Å². The van der Waals surface area contributed by atoms with E-state index < -0.39 is 5.82 Å². The Bertz CT molecular complexity index is 809. The number of hydrogen-bond donors (Lipinski definition) is 0. The molecule has 2 aromatic heterocycles. The molecule has 0 saturated heterocycles. The first-order chi connectivity index (χ1) is 9.54. The molecule has 0 unspecified atom stereocenters. The quantitative estimate of drug-likeness (QED) is 0.556. The van der Waals surface area contributed by atoms with Crippen molar-refractivity contribution in [3.05, 3.63) is 50.6 Å². The maximum Gasteiger partial charge on any atom is 0.265 e. The van der Waals surface area contributed by atoms with Crippen molar-refractivity contribution in [1.82, 2.24) is 14.4 Å². The zero-order valence-corrected chi connectivity index (χ0v) is 13.6. The van der Waals surface area contributed by atoms with E-state index in [-0.39, 0.29) is 16.7 Å². The summed E-state index contributed by atoms with van der Waals surface area (Å²) in [5.41, 5.74) is 0.524. The molecule has 0 aliphatic carbocycles. The van der Waals surface area contributed by atoms with Crippen LogP contribution in [0.2, 0.25) is 5.02 Å². The molecule has 4 nitrogen and oxygen atoms in total. The van der Waals surface area contributed by atoms with E-state index in [2.05, 4.69) is 41.8 Å². The third-order valence-electron chi connectivity index (χ3n) is 2.50. The van der Waals surface area contributed by atoms with E-state index in [1.54, 1.807) is 23.0 Å². The van der Waals surface area contributed by atoms with Gasteiger partial charge in [-0.1, -0.05) is 11.6 Å². The van der Waals surface area contributed by atoms with Crippen molar-refractivity contribution in [2.24, 2.45) is 0 Å². The van der Waals surface area contributed by atoms with Crippen LogP contribution in [0.4, 0.5) is 4.39 Å². The van der Waals surface area contributed by atoms with Crippen molar-refractivity contribution >= 4 is 49.1 Å². The fourth-order valence-corrected chi connectivity index (χ4v) is 2.73. The molecular formula is C12H5Br2ClFN3O. The van der Waals surface area contributed by atoms with Crippen LogP contribution in [0, 0.1) is 5.82 Å². The van der Waals surface area contributed by atoms with Gasteiger partial charge in [0.25, 0.3) is 5.88 Å². The normalized spacial score (nSPS) is 11.0. The lowest BCUT2D eigenvalue weighted by atomic mass is 10.3. The Kier molecular flexibility index (Phi) is 3.66. The highest BCUT2D eigenvalue weighted by Crippen LogP contribution is 2.34. The summed E-state index contributed by atoms with van der Waals surface area (Å²) in [6.45, 7) is 0. The molecule has 102 valence electrons. The molecule has 0 atom stereocenters. The molecule has 0 aliphatic rings. The maximum atomic E-state index is 13.5. The van der Waals surface area contributed by atoms with Gasteiger partial charge in [-0.2, -0.15) is 0 Å². The molecule has 3 rings (SSSR count). The lowest BCUT2D eigenvalue weighted by molar-refractivity contribution is 0.456. The Morgan fingerprint density at radius 1 is 1.30 bits per heavy atom. The molecular weight excluding hydrogens is 416 g/mol. The average molecular weight is 421 g/mol. The van der Waals surface area contributed by atoms with E-state index in [9.17, 15) is 4.39 Å². The van der Waals surface area contributed by atoms with Crippen LogP contribution in [0.25, 0.3) is 5.65 Å². The van der Waals surface area contributed by atoms with Gasteiger partial charge < -0.3 is 4.74 Å². The van der Waals surface area contributed by atoms with E-state index in [0.717, 1.165) is 0 Å². The number of halogens is 4. The number of ether oxygens (including phenoxy) is 1. The molecule has 0 radical (unpaired) electrons. The lowest BCUT2D eigenvalue weighted by Crippen LogP contribution is -1.96. The minimum Gasteiger partial charge on any atom is -0.435 e. The SMILES string of the molecule is Fc1cc(Oc2nc(Br)cn3ccnc23)c(Br)cc1Cl. The van der Waals surface area contributed by atoms with Gasteiger partial charge in [0.15, 0.2) is 0 Å². The van der Waals surface area contributed by atoms with E-state index in [1.807, 2.05) is 0 Å². The largest absolute Gasteiger partial charge is 0.435 e. The van der Waals surface area contributed by atoms with Gasteiger partial charge in [-0.15, -0.1) is 0 Å². The number of fused-ring (bicyclic) bond motifs is 1. The molecule has 1 aromatic carbocycles. The van der Waals surface area contributed by atoms with E-state index in [0.29, 0.717) is 14.7 Å². The first-order valence-corrected chi connectivity index (χ1v) is 7.32. The summed E-state index contributed by atoms with van der Waals surface area (Å²) in [6, 6.07) is 2.61. The van der Waals surface area contributed by atoms with Gasteiger partial charge >= 0.3 is 0 Å². The summed E-state index contributed by atoms with van der Waals surface area (Å²) in [7, 11) is 0. The van der Waals surface area contributed by atoms with E-state index in [1.165, 1.54) is 12.1 Å². The molecule has 0 fully saturated rings. The number of nitrogens with zero attached hydrogens (tertiary/aromatic N) is 3.